The summed E-state index contributed by atoms with van der Waals surface area (Å²) in [5.74, 6) is 0.684. The molecule has 16 heavy (non-hydrogen) atoms. The third-order valence-electron chi connectivity index (χ3n) is 2.01. The summed E-state index contributed by atoms with van der Waals surface area (Å²) < 4.78 is 29.6. The molecule has 0 unspecified atom stereocenters. The van der Waals surface area contributed by atoms with E-state index in [9.17, 15) is 8.78 Å². The lowest BCUT2D eigenvalue weighted by Crippen LogP contribution is -2.30. The van der Waals surface area contributed by atoms with Gasteiger partial charge in [0.15, 0.2) is 0 Å². The summed E-state index contributed by atoms with van der Waals surface area (Å²) in [6.07, 6.45) is -0.886. The molecule has 0 aromatic carbocycles. The predicted molar refractivity (Wildman–Crippen MR) is 59.7 cm³/mol. The molecule has 3 nitrogen and oxygen atoms in total. The summed E-state index contributed by atoms with van der Waals surface area (Å²) in [4.78, 5) is 5.41. The minimum absolute atomic E-state index is 0.289. The molecule has 0 saturated heterocycles. The molecular weight excluding hydrogens is 238 g/mol. The molecule has 0 spiro atoms. The number of halogens is 3. The number of rotatable bonds is 6. The Labute approximate surface area is 98.0 Å². The molecular formula is C10H13ClF2N2O. The van der Waals surface area contributed by atoms with Crippen LogP contribution in [0.15, 0.2) is 18.3 Å². The van der Waals surface area contributed by atoms with Gasteiger partial charge in [0, 0.05) is 30.4 Å². The van der Waals surface area contributed by atoms with E-state index in [1.54, 1.807) is 12.1 Å². The molecule has 0 saturated carbocycles. The topological polar surface area (TPSA) is 25.4 Å². The van der Waals surface area contributed by atoms with Crippen LogP contribution in [0, 0.1) is 0 Å². The minimum atomic E-state index is -2.40. The first-order chi connectivity index (χ1) is 7.67. The van der Waals surface area contributed by atoms with Crippen molar-refractivity contribution in [1.82, 2.24) is 4.98 Å². The Morgan fingerprint density at radius 1 is 1.56 bits per heavy atom. The molecule has 1 rings (SSSR count). The number of hydrogen-bond donors (Lipinski definition) is 0. The van der Waals surface area contributed by atoms with E-state index in [1.807, 2.05) is 0 Å². The third-order valence-corrected chi connectivity index (χ3v) is 2.17. The number of aromatic nitrogens is 1. The Bertz CT molecular complexity index is 325. The second kappa shape index (κ2) is 6.48. The summed E-state index contributed by atoms with van der Waals surface area (Å²) in [6, 6.07) is 3.26. The number of methoxy groups -OCH3 is 1. The molecule has 0 atom stereocenters. The van der Waals surface area contributed by atoms with E-state index in [1.165, 1.54) is 18.2 Å². The third kappa shape index (κ3) is 3.81. The van der Waals surface area contributed by atoms with E-state index in [0.717, 1.165) is 0 Å². The first-order valence-corrected chi connectivity index (χ1v) is 5.30. The molecule has 90 valence electrons. The molecule has 1 heterocycles. The van der Waals surface area contributed by atoms with Crippen LogP contribution in [0.5, 0.6) is 5.88 Å². The standard InChI is InChI=1S/C10H13ClF2N2O/c1-16-10-6-8(2-4-14-10)15(5-3-11)7-9(12)13/h2,4,6,9H,3,5,7H2,1H3. The summed E-state index contributed by atoms with van der Waals surface area (Å²) >= 11 is 5.57. The van der Waals surface area contributed by atoms with E-state index in [0.29, 0.717) is 18.1 Å². The fraction of sp³-hybridized carbons (Fsp3) is 0.500. The highest BCUT2D eigenvalue weighted by Gasteiger charge is 2.13. The first kappa shape index (κ1) is 13.0. The highest BCUT2D eigenvalue weighted by atomic mass is 35.5. The molecule has 6 heteroatoms. The summed E-state index contributed by atoms with van der Waals surface area (Å²) in [5.41, 5.74) is 0.632. The molecule has 1 aromatic rings. The molecule has 0 aliphatic heterocycles. The van der Waals surface area contributed by atoms with E-state index < -0.39 is 6.43 Å². The van der Waals surface area contributed by atoms with Crippen LogP contribution < -0.4 is 9.64 Å². The van der Waals surface area contributed by atoms with E-state index >= 15 is 0 Å². The Balaban J connectivity index is 2.82. The van der Waals surface area contributed by atoms with Gasteiger partial charge in [-0.25, -0.2) is 13.8 Å². The van der Waals surface area contributed by atoms with Crippen LogP contribution in [-0.2, 0) is 0 Å². The van der Waals surface area contributed by atoms with Crippen molar-refractivity contribution in [3.05, 3.63) is 18.3 Å². The van der Waals surface area contributed by atoms with E-state index in [-0.39, 0.29) is 12.4 Å². The highest BCUT2D eigenvalue weighted by molar-refractivity contribution is 6.18. The number of nitrogens with zero attached hydrogens (tertiary/aromatic N) is 2. The zero-order valence-corrected chi connectivity index (χ0v) is 9.62. The van der Waals surface area contributed by atoms with Gasteiger partial charge in [-0.1, -0.05) is 0 Å². The molecule has 0 bridgehead atoms. The van der Waals surface area contributed by atoms with Crippen LogP contribution in [0.4, 0.5) is 14.5 Å². The molecule has 0 N–H and O–H groups in total. The van der Waals surface area contributed by atoms with Gasteiger partial charge in [-0.3, -0.25) is 0 Å². The lowest BCUT2D eigenvalue weighted by atomic mass is 10.3. The smallest absolute Gasteiger partial charge is 0.255 e. The number of anilines is 1. The van der Waals surface area contributed by atoms with Gasteiger partial charge in [-0.2, -0.15) is 0 Å². The van der Waals surface area contributed by atoms with Crippen LogP contribution in [-0.4, -0.2) is 37.5 Å². The second-order valence-corrected chi connectivity index (χ2v) is 3.46. The van der Waals surface area contributed by atoms with Crippen molar-refractivity contribution in [1.29, 1.82) is 0 Å². The largest absolute Gasteiger partial charge is 0.481 e. The Morgan fingerprint density at radius 2 is 2.31 bits per heavy atom. The number of ether oxygens (including phenoxy) is 1. The van der Waals surface area contributed by atoms with Crippen molar-refractivity contribution in [2.75, 3.05) is 31.0 Å². The maximum Gasteiger partial charge on any atom is 0.255 e. The van der Waals surface area contributed by atoms with Crippen LogP contribution in [0.3, 0.4) is 0 Å². The van der Waals surface area contributed by atoms with Crippen LogP contribution in [0.2, 0.25) is 0 Å². The molecule has 0 aliphatic carbocycles. The van der Waals surface area contributed by atoms with Crippen molar-refractivity contribution >= 4 is 17.3 Å². The quantitative estimate of drug-likeness (QED) is 0.725. The first-order valence-electron chi connectivity index (χ1n) is 4.76. The van der Waals surface area contributed by atoms with Gasteiger partial charge in [0.1, 0.15) is 0 Å². The fourth-order valence-corrected chi connectivity index (χ4v) is 1.51. The zero-order valence-electron chi connectivity index (χ0n) is 8.87. The van der Waals surface area contributed by atoms with Crippen LogP contribution in [0.1, 0.15) is 0 Å². The normalized spacial score (nSPS) is 10.6. The van der Waals surface area contributed by atoms with Gasteiger partial charge in [-0.15, -0.1) is 11.6 Å². The zero-order chi connectivity index (χ0) is 12.0. The molecule has 0 aliphatic rings. The van der Waals surface area contributed by atoms with Gasteiger partial charge in [0.05, 0.1) is 13.7 Å². The average Bonchev–Trinajstić information content (AvgIpc) is 2.28. The Kier molecular flexibility index (Phi) is 5.25. The Hall–Kier alpha value is -1.10. The monoisotopic (exact) mass is 250 g/mol. The fourth-order valence-electron chi connectivity index (χ4n) is 1.30. The average molecular weight is 251 g/mol. The summed E-state index contributed by atoms with van der Waals surface area (Å²) in [7, 11) is 1.48. The molecule has 0 amide bonds. The maximum atomic E-state index is 12.3. The minimum Gasteiger partial charge on any atom is -0.481 e. The summed E-state index contributed by atoms with van der Waals surface area (Å²) in [6.45, 7) is 0.0128. The van der Waals surface area contributed by atoms with Gasteiger partial charge < -0.3 is 9.64 Å². The van der Waals surface area contributed by atoms with Gasteiger partial charge in [0.25, 0.3) is 6.43 Å². The van der Waals surface area contributed by atoms with Crippen molar-refractivity contribution < 1.29 is 13.5 Å². The van der Waals surface area contributed by atoms with Crippen LogP contribution >= 0.6 is 11.6 Å². The number of pyridine rings is 1. The lowest BCUT2D eigenvalue weighted by Gasteiger charge is -2.23. The molecule has 0 fully saturated rings. The van der Waals surface area contributed by atoms with Gasteiger partial charge >= 0.3 is 0 Å². The molecule has 0 radical (unpaired) electrons. The SMILES string of the molecule is COc1cc(N(CCCl)CC(F)F)ccn1. The van der Waals surface area contributed by atoms with Crippen molar-refractivity contribution in [3.63, 3.8) is 0 Å². The van der Waals surface area contributed by atoms with Crippen molar-refractivity contribution in [3.8, 4) is 5.88 Å². The van der Waals surface area contributed by atoms with Crippen LogP contribution in [0.25, 0.3) is 0 Å². The maximum absolute atomic E-state index is 12.3. The number of hydrogen-bond acceptors (Lipinski definition) is 3. The summed E-state index contributed by atoms with van der Waals surface area (Å²) in [5, 5.41) is 0. The lowest BCUT2D eigenvalue weighted by molar-refractivity contribution is 0.155. The number of alkyl halides is 3. The Morgan fingerprint density at radius 3 is 2.88 bits per heavy atom. The highest BCUT2D eigenvalue weighted by Crippen LogP contribution is 2.19. The van der Waals surface area contributed by atoms with Crippen molar-refractivity contribution in [2.24, 2.45) is 0 Å². The molecule has 1 aromatic heterocycles. The van der Waals surface area contributed by atoms with Gasteiger partial charge in [-0.05, 0) is 6.07 Å². The van der Waals surface area contributed by atoms with Crippen molar-refractivity contribution in [2.45, 2.75) is 6.43 Å². The van der Waals surface area contributed by atoms with E-state index in [4.69, 9.17) is 16.3 Å². The van der Waals surface area contributed by atoms with E-state index in [2.05, 4.69) is 4.98 Å². The van der Waals surface area contributed by atoms with Gasteiger partial charge in [0.2, 0.25) is 5.88 Å². The second-order valence-electron chi connectivity index (χ2n) is 3.08. The predicted octanol–water partition coefficient (Wildman–Crippen LogP) is 2.40.